The van der Waals surface area contributed by atoms with Gasteiger partial charge < -0.3 is 5.11 Å². The molecular weight excluding hydrogens is 256 g/mol. The third-order valence-corrected chi connectivity index (χ3v) is 4.66. The Kier molecular flexibility index (Phi) is 3.90. The van der Waals surface area contributed by atoms with E-state index in [1.165, 1.54) is 0 Å². The highest BCUT2D eigenvalue weighted by atomic mass is 32.2. The Labute approximate surface area is 118 Å². The van der Waals surface area contributed by atoms with Gasteiger partial charge in [-0.3, -0.25) is 0 Å². The van der Waals surface area contributed by atoms with Crippen LogP contribution in [0.3, 0.4) is 0 Å². The molecule has 0 aliphatic carbocycles. The van der Waals surface area contributed by atoms with Crippen molar-refractivity contribution < 1.29 is 5.11 Å². The third kappa shape index (κ3) is 2.78. The molecule has 0 atom stereocenters. The molecular formula is C15H20N2OS. The predicted octanol–water partition coefficient (Wildman–Crippen LogP) is 3.74. The maximum Gasteiger partial charge on any atom is 0.120 e. The standard InChI is InChI=1S/C15H20N2OS/c1-5-11-6-7-12(10-13(11)18)17-9-8-14(16-17)15(2,3)19-4/h6-10,18H,5H2,1-4H3. The van der Waals surface area contributed by atoms with Crippen molar-refractivity contribution in [1.29, 1.82) is 0 Å². The van der Waals surface area contributed by atoms with E-state index < -0.39 is 0 Å². The molecule has 102 valence electrons. The second-order valence-corrected chi connectivity index (χ2v) is 6.46. The van der Waals surface area contributed by atoms with E-state index in [1.807, 2.05) is 36.0 Å². The molecule has 0 aliphatic rings. The number of phenolic OH excluding ortho intramolecular Hbond substituents is 1. The summed E-state index contributed by atoms with van der Waals surface area (Å²) in [5, 5.41) is 14.5. The third-order valence-electron chi connectivity index (χ3n) is 3.43. The predicted molar refractivity (Wildman–Crippen MR) is 81.1 cm³/mol. The van der Waals surface area contributed by atoms with Gasteiger partial charge in [-0.05, 0) is 44.2 Å². The lowest BCUT2D eigenvalue weighted by Crippen LogP contribution is -2.12. The van der Waals surface area contributed by atoms with Gasteiger partial charge in [0, 0.05) is 12.3 Å². The van der Waals surface area contributed by atoms with Gasteiger partial charge in [0.1, 0.15) is 5.75 Å². The number of aromatic nitrogens is 2. The fourth-order valence-corrected chi connectivity index (χ4v) is 2.21. The first-order valence-corrected chi connectivity index (χ1v) is 7.64. The number of benzene rings is 1. The number of phenols is 1. The van der Waals surface area contributed by atoms with Crippen LogP contribution in [0.25, 0.3) is 5.69 Å². The SMILES string of the molecule is CCc1ccc(-n2ccc(C(C)(C)SC)n2)cc1O. The summed E-state index contributed by atoms with van der Waals surface area (Å²) in [7, 11) is 0. The van der Waals surface area contributed by atoms with Crippen molar-refractivity contribution in [3.63, 3.8) is 0 Å². The number of rotatable bonds is 4. The first kappa shape index (κ1) is 14.0. The lowest BCUT2D eigenvalue weighted by Gasteiger charge is -2.18. The Balaban J connectivity index is 2.36. The highest BCUT2D eigenvalue weighted by molar-refractivity contribution is 7.99. The molecule has 4 heteroatoms. The number of aryl methyl sites for hydroxylation is 1. The molecule has 1 aromatic carbocycles. The van der Waals surface area contributed by atoms with Crippen LogP contribution in [-0.2, 0) is 11.2 Å². The van der Waals surface area contributed by atoms with E-state index in [2.05, 4.69) is 25.2 Å². The minimum absolute atomic E-state index is 0.00332. The first-order chi connectivity index (χ1) is 8.97. The van der Waals surface area contributed by atoms with E-state index in [1.54, 1.807) is 17.8 Å². The van der Waals surface area contributed by atoms with Crippen molar-refractivity contribution in [2.24, 2.45) is 0 Å². The van der Waals surface area contributed by atoms with Crippen molar-refractivity contribution in [2.75, 3.05) is 6.26 Å². The van der Waals surface area contributed by atoms with Crippen LogP contribution >= 0.6 is 11.8 Å². The normalized spacial score (nSPS) is 11.8. The minimum Gasteiger partial charge on any atom is -0.508 e. The fraction of sp³-hybridized carbons (Fsp3) is 0.400. The van der Waals surface area contributed by atoms with Crippen molar-refractivity contribution in [1.82, 2.24) is 9.78 Å². The molecule has 2 aromatic rings. The number of hydrogen-bond donors (Lipinski definition) is 1. The molecule has 19 heavy (non-hydrogen) atoms. The molecule has 0 unspecified atom stereocenters. The molecule has 0 amide bonds. The fourth-order valence-electron chi connectivity index (χ4n) is 1.89. The van der Waals surface area contributed by atoms with Gasteiger partial charge >= 0.3 is 0 Å². The van der Waals surface area contributed by atoms with Gasteiger partial charge in [0.25, 0.3) is 0 Å². The van der Waals surface area contributed by atoms with Gasteiger partial charge in [0.2, 0.25) is 0 Å². The van der Waals surface area contributed by atoms with Crippen molar-refractivity contribution in [3.8, 4) is 11.4 Å². The largest absolute Gasteiger partial charge is 0.508 e. The molecule has 0 fully saturated rings. The molecule has 0 aliphatic heterocycles. The molecule has 3 nitrogen and oxygen atoms in total. The quantitative estimate of drug-likeness (QED) is 0.924. The smallest absolute Gasteiger partial charge is 0.120 e. The summed E-state index contributed by atoms with van der Waals surface area (Å²) in [5.41, 5.74) is 2.89. The molecule has 0 spiro atoms. The van der Waals surface area contributed by atoms with Crippen molar-refractivity contribution >= 4 is 11.8 Å². The maximum absolute atomic E-state index is 9.92. The van der Waals surface area contributed by atoms with E-state index >= 15 is 0 Å². The second kappa shape index (κ2) is 5.29. The first-order valence-electron chi connectivity index (χ1n) is 6.41. The minimum atomic E-state index is -0.00332. The summed E-state index contributed by atoms with van der Waals surface area (Å²) in [5.74, 6) is 0.334. The highest BCUT2D eigenvalue weighted by Crippen LogP contribution is 2.32. The molecule has 0 saturated carbocycles. The van der Waals surface area contributed by atoms with Crippen LogP contribution in [-0.4, -0.2) is 21.1 Å². The zero-order valence-corrected chi connectivity index (χ0v) is 12.7. The van der Waals surface area contributed by atoms with Gasteiger partial charge in [-0.25, -0.2) is 4.68 Å². The second-order valence-electron chi connectivity index (χ2n) is 5.03. The van der Waals surface area contributed by atoms with Crippen molar-refractivity contribution in [2.45, 2.75) is 31.9 Å². The molecule has 1 N–H and O–H groups in total. The van der Waals surface area contributed by atoms with Gasteiger partial charge in [0.15, 0.2) is 0 Å². The lowest BCUT2D eigenvalue weighted by molar-refractivity contribution is 0.468. The maximum atomic E-state index is 9.92. The Morgan fingerprint density at radius 1 is 1.32 bits per heavy atom. The van der Waals surface area contributed by atoms with Gasteiger partial charge in [-0.2, -0.15) is 16.9 Å². The van der Waals surface area contributed by atoms with Crippen LogP contribution in [0.5, 0.6) is 5.75 Å². The van der Waals surface area contributed by atoms with Gasteiger partial charge in [0.05, 0.1) is 16.1 Å². The molecule has 1 aromatic heterocycles. The number of aromatic hydroxyl groups is 1. The Hall–Kier alpha value is -1.42. The zero-order chi connectivity index (χ0) is 14.0. The zero-order valence-electron chi connectivity index (χ0n) is 11.8. The van der Waals surface area contributed by atoms with E-state index in [4.69, 9.17) is 0 Å². The Morgan fingerprint density at radius 3 is 2.63 bits per heavy atom. The Bertz CT molecular complexity index is 575. The average Bonchev–Trinajstić information content (AvgIpc) is 2.89. The van der Waals surface area contributed by atoms with E-state index in [9.17, 15) is 5.11 Å². The number of thioether (sulfide) groups is 1. The van der Waals surface area contributed by atoms with Crippen LogP contribution in [0.2, 0.25) is 0 Å². The monoisotopic (exact) mass is 276 g/mol. The van der Waals surface area contributed by atoms with Crippen molar-refractivity contribution in [3.05, 3.63) is 41.7 Å². The summed E-state index contributed by atoms with van der Waals surface area (Å²) in [6.45, 7) is 6.34. The van der Waals surface area contributed by atoms with Gasteiger partial charge in [-0.15, -0.1) is 0 Å². The van der Waals surface area contributed by atoms with E-state index in [0.29, 0.717) is 5.75 Å². The Morgan fingerprint density at radius 2 is 2.05 bits per heavy atom. The summed E-state index contributed by atoms with van der Waals surface area (Å²) in [6, 6.07) is 7.73. The summed E-state index contributed by atoms with van der Waals surface area (Å²) in [4.78, 5) is 0. The molecule has 2 rings (SSSR count). The van der Waals surface area contributed by atoms with Gasteiger partial charge in [-0.1, -0.05) is 13.0 Å². The lowest BCUT2D eigenvalue weighted by atomic mass is 10.1. The van der Waals surface area contributed by atoms with Crippen LogP contribution in [0.1, 0.15) is 32.0 Å². The van der Waals surface area contributed by atoms with Crippen LogP contribution < -0.4 is 0 Å². The molecule has 0 radical (unpaired) electrons. The highest BCUT2D eigenvalue weighted by Gasteiger charge is 2.22. The number of hydrogen-bond acceptors (Lipinski definition) is 3. The van der Waals surface area contributed by atoms with Crippen LogP contribution in [0, 0.1) is 0 Å². The molecule has 0 saturated heterocycles. The molecule has 0 bridgehead atoms. The summed E-state index contributed by atoms with van der Waals surface area (Å²) >= 11 is 1.77. The summed E-state index contributed by atoms with van der Waals surface area (Å²) in [6.07, 6.45) is 4.85. The average molecular weight is 276 g/mol. The topological polar surface area (TPSA) is 38.0 Å². The van der Waals surface area contributed by atoms with Crippen LogP contribution in [0.15, 0.2) is 30.5 Å². The van der Waals surface area contributed by atoms with E-state index in [0.717, 1.165) is 23.4 Å². The van der Waals surface area contributed by atoms with E-state index in [-0.39, 0.29) is 4.75 Å². The number of nitrogens with zero attached hydrogens (tertiary/aromatic N) is 2. The van der Waals surface area contributed by atoms with Crippen LogP contribution in [0.4, 0.5) is 0 Å². The summed E-state index contributed by atoms with van der Waals surface area (Å²) < 4.78 is 1.81. The molecule has 1 heterocycles.